The number of hydrogen-bond donors (Lipinski definition) is 0. The van der Waals surface area contributed by atoms with Crippen LogP contribution in [-0.4, -0.2) is 29.0 Å². The minimum absolute atomic E-state index is 0.0208. The smallest absolute Gasteiger partial charge is 0.361 e. The summed E-state index contributed by atoms with van der Waals surface area (Å²) >= 11 is 0. The fraction of sp³-hybridized carbons (Fsp3) is 0.200. The highest BCUT2D eigenvalue weighted by atomic mass is 19.4. The van der Waals surface area contributed by atoms with E-state index < -0.39 is 23.4 Å². The summed E-state index contributed by atoms with van der Waals surface area (Å²) in [4.78, 5) is 13.2. The van der Waals surface area contributed by atoms with Crippen molar-refractivity contribution in [3.63, 3.8) is 0 Å². The van der Waals surface area contributed by atoms with Crippen molar-refractivity contribution in [1.29, 1.82) is 0 Å². The zero-order valence-electron chi connectivity index (χ0n) is 18.1. The number of hydrogen-bond acceptors (Lipinski definition) is 5. The van der Waals surface area contributed by atoms with Crippen molar-refractivity contribution in [2.75, 3.05) is 0 Å². The second kappa shape index (κ2) is 9.01. The molecular weight excluding hydrogens is 467 g/mol. The third kappa shape index (κ3) is 4.82. The molecule has 0 N–H and O–H groups in total. The van der Waals surface area contributed by atoms with Crippen molar-refractivity contribution in [1.82, 2.24) is 5.16 Å². The molecule has 3 heterocycles. The Morgan fingerprint density at radius 3 is 2.57 bits per heavy atom. The zero-order valence-corrected chi connectivity index (χ0v) is 18.1. The number of nitrogens with zero attached hydrogens (tertiary/aromatic N) is 4. The highest BCUT2D eigenvalue weighted by molar-refractivity contribution is 6.43. The van der Waals surface area contributed by atoms with Crippen molar-refractivity contribution < 1.29 is 26.5 Å². The van der Waals surface area contributed by atoms with Gasteiger partial charge in [-0.3, -0.25) is 4.99 Å². The Labute approximate surface area is 196 Å². The Morgan fingerprint density at radius 1 is 1.00 bits per heavy atom. The maximum Gasteiger partial charge on any atom is 0.416 e. The van der Waals surface area contributed by atoms with Gasteiger partial charge in [0.1, 0.15) is 17.2 Å². The van der Waals surface area contributed by atoms with E-state index in [4.69, 9.17) is 4.52 Å². The molecule has 5 nitrogen and oxygen atoms in total. The molecule has 2 aliphatic rings. The predicted octanol–water partition coefficient (Wildman–Crippen LogP) is 6.20. The van der Waals surface area contributed by atoms with Gasteiger partial charge in [0, 0.05) is 24.3 Å². The summed E-state index contributed by atoms with van der Waals surface area (Å²) in [6, 6.07) is 10.1. The summed E-state index contributed by atoms with van der Waals surface area (Å²) in [5, 5.41) is 3.97. The maximum atomic E-state index is 14.1. The van der Waals surface area contributed by atoms with Crippen LogP contribution < -0.4 is 0 Å². The molecule has 0 spiro atoms. The van der Waals surface area contributed by atoms with Crippen LogP contribution in [0.15, 0.2) is 79.8 Å². The minimum atomic E-state index is -4.40. The number of allylic oxidation sites excluding steroid dienone is 2. The van der Waals surface area contributed by atoms with Gasteiger partial charge in [0.15, 0.2) is 17.5 Å². The molecule has 0 fully saturated rings. The molecule has 5 rings (SSSR count). The van der Waals surface area contributed by atoms with Crippen molar-refractivity contribution in [3.05, 3.63) is 88.8 Å². The monoisotopic (exact) mass is 484 g/mol. The minimum Gasteiger partial charge on any atom is -0.361 e. The van der Waals surface area contributed by atoms with Gasteiger partial charge < -0.3 is 4.52 Å². The molecule has 0 bridgehead atoms. The molecule has 0 aliphatic carbocycles. The number of amidine groups is 1. The quantitative estimate of drug-likeness (QED) is 0.414. The van der Waals surface area contributed by atoms with Gasteiger partial charge in [0.2, 0.25) is 0 Å². The first-order valence-corrected chi connectivity index (χ1v) is 10.8. The van der Waals surface area contributed by atoms with Gasteiger partial charge in [-0.2, -0.15) is 13.2 Å². The summed E-state index contributed by atoms with van der Waals surface area (Å²) in [5.41, 5.74) is 1.19. The summed E-state index contributed by atoms with van der Waals surface area (Å²) in [7, 11) is 0. The van der Waals surface area contributed by atoms with Gasteiger partial charge in [0.05, 0.1) is 22.9 Å². The van der Waals surface area contributed by atoms with Crippen molar-refractivity contribution >= 4 is 17.8 Å². The van der Waals surface area contributed by atoms with Crippen molar-refractivity contribution in [2.45, 2.75) is 31.5 Å². The van der Waals surface area contributed by atoms with Crippen LogP contribution in [0.25, 0.3) is 11.3 Å². The Hall–Kier alpha value is -3.95. The first kappa shape index (κ1) is 22.8. The maximum absolute atomic E-state index is 14.1. The van der Waals surface area contributed by atoms with Crippen LogP contribution in [0.1, 0.15) is 29.7 Å². The Bertz CT molecular complexity index is 1380. The van der Waals surface area contributed by atoms with Gasteiger partial charge in [-0.25, -0.2) is 18.8 Å². The summed E-state index contributed by atoms with van der Waals surface area (Å²) in [6.45, 7) is 0. The lowest BCUT2D eigenvalue weighted by molar-refractivity contribution is -0.137. The lowest BCUT2D eigenvalue weighted by Gasteiger charge is -2.11. The van der Waals surface area contributed by atoms with Crippen LogP contribution in [0.5, 0.6) is 0 Å². The molecular formula is C25H17F5N4O. The summed E-state index contributed by atoms with van der Waals surface area (Å²) in [6.07, 6.45) is 0.735. The lowest BCUT2D eigenvalue weighted by atomic mass is 10.0. The van der Waals surface area contributed by atoms with Gasteiger partial charge in [-0.15, -0.1) is 0 Å². The topological polar surface area (TPSA) is 63.1 Å². The summed E-state index contributed by atoms with van der Waals surface area (Å²) < 4.78 is 71.4. The average Bonchev–Trinajstić information content (AvgIpc) is 3.44. The highest BCUT2D eigenvalue weighted by Crippen LogP contribution is 2.31. The number of rotatable bonds is 4. The molecule has 0 saturated carbocycles. The molecule has 2 aliphatic heterocycles. The molecule has 1 atom stereocenters. The molecule has 0 amide bonds. The van der Waals surface area contributed by atoms with E-state index in [9.17, 15) is 22.0 Å². The molecule has 0 saturated heterocycles. The number of benzene rings is 2. The second-order valence-electron chi connectivity index (χ2n) is 8.09. The number of halogens is 5. The molecule has 2 aromatic carbocycles. The number of alkyl halides is 3. The van der Waals surface area contributed by atoms with Crippen LogP contribution in [0.2, 0.25) is 0 Å². The molecule has 1 unspecified atom stereocenters. The fourth-order valence-corrected chi connectivity index (χ4v) is 3.84. The van der Waals surface area contributed by atoms with Crippen LogP contribution in [0.4, 0.5) is 22.0 Å². The first-order chi connectivity index (χ1) is 16.8. The average molecular weight is 484 g/mol. The third-order valence-corrected chi connectivity index (χ3v) is 5.66. The Kier molecular flexibility index (Phi) is 5.88. The third-order valence-electron chi connectivity index (χ3n) is 5.66. The van der Waals surface area contributed by atoms with Gasteiger partial charge in [-0.05, 0) is 37.1 Å². The van der Waals surface area contributed by atoms with Gasteiger partial charge in [0.25, 0.3) is 0 Å². The molecule has 0 radical (unpaired) electrons. The van der Waals surface area contributed by atoms with E-state index in [1.54, 1.807) is 12.3 Å². The van der Waals surface area contributed by atoms with E-state index in [0.717, 1.165) is 18.2 Å². The van der Waals surface area contributed by atoms with Gasteiger partial charge in [-0.1, -0.05) is 29.4 Å². The van der Waals surface area contributed by atoms with Crippen LogP contribution in [0.3, 0.4) is 0 Å². The van der Waals surface area contributed by atoms with E-state index in [2.05, 4.69) is 20.1 Å². The number of aromatic nitrogens is 1. The highest BCUT2D eigenvalue weighted by Gasteiger charge is 2.30. The normalized spacial score (nSPS) is 19.3. The molecule has 10 heteroatoms. The van der Waals surface area contributed by atoms with Crippen LogP contribution >= 0.6 is 0 Å². The van der Waals surface area contributed by atoms with Crippen LogP contribution in [0, 0.1) is 11.6 Å². The van der Waals surface area contributed by atoms with Crippen molar-refractivity contribution in [3.8, 4) is 11.3 Å². The van der Waals surface area contributed by atoms with E-state index in [1.165, 1.54) is 24.3 Å². The van der Waals surface area contributed by atoms with E-state index in [1.807, 2.05) is 6.08 Å². The van der Waals surface area contributed by atoms with E-state index in [0.29, 0.717) is 47.7 Å². The Morgan fingerprint density at radius 2 is 1.80 bits per heavy atom. The zero-order chi connectivity index (χ0) is 24.6. The van der Waals surface area contributed by atoms with Crippen LogP contribution in [-0.2, 0) is 12.6 Å². The summed E-state index contributed by atoms with van der Waals surface area (Å²) in [5.74, 6) is -1.35. The number of fused-ring (bicyclic) bond motifs is 1. The molecule has 1 aromatic heterocycles. The standard InChI is InChI=1S/C25H17F5N4O/c26-19-5-2-4-18(23(19)27)24-32-20-6-1-3-16(31-13-22(20)33-24)11-17-12-21(34-35-17)14-7-9-15(10-8-14)25(28,29)30/h2,4-10,12-13,16H,1,3,11H2/b20-6+,31-13?. The lowest BCUT2D eigenvalue weighted by Crippen LogP contribution is -2.13. The molecule has 35 heavy (non-hydrogen) atoms. The fourth-order valence-electron chi connectivity index (χ4n) is 3.84. The molecule has 178 valence electrons. The van der Waals surface area contributed by atoms with Gasteiger partial charge >= 0.3 is 6.18 Å². The largest absolute Gasteiger partial charge is 0.416 e. The molecule has 3 aromatic rings. The van der Waals surface area contributed by atoms with Crippen molar-refractivity contribution in [2.24, 2.45) is 15.0 Å². The first-order valence-electron chi connectivity index (χ1n) is 10.8. The van der Waals surface area contributed by atoms with E-state index >= 15 is 0 Å². The predicted molar refractivity (Wildman–Crippen MR) is 121 cm³/mol. The SMILES string of the molecule is Fc1cccc(C2=N/C3=C/CCC(Cc4cc(-c5ccc(C(F)(F)F)cc5)no4)N=CC3=N2)c1F. The van der Waals surface area contributed by atoms with E-state index in [-0.39, 0.29) is 17.4 Å². The second-order valence-corrected chi connectivity index (χ2v) is 8.09. The Balaban J connectivity index is 1.29. The number of aliphatic imine (C=N–C) groups is 3.